The number of hydroxylamine groups is 1. The van der Waals surface area contributed by atoms with Gasteiger partial charge in [-0.25, -0.2) is 15.4 Å². The lowest BCUT2D eigenvalue weighted by Gasteiger charge is -2.28. The van der Waals surface area contributed by atoms with Crippen molar-refractivity contribution in [1.82, 2.24) is 24.9 Å². The topological polar surface area (TPSA) is 147 Å². The lowest BCUT2D eigenvalue weighted by molar-refractivity contribution is -0.132. The zero-order valence-corrected chi connectivity index (χ0v) is 24.9. The maximum Gasteiger partial charge on any atom is 0.262 e. The normalized spacial score (nSPS) is 15.0. The van der Waals surface area contributed by atoms with Crippen molar-refractivity contribution < 1.29 is 19.6 Å². The number of amides is 2. The van der Waals surface area contributed by atoms with E-state index in [1.165, 1.54) is 6.92 Å². The third kappa shape index (κ3) is 6.77. The van der Waals surface area contributed by atoms with Crippen LogP contribution in [0.1, 0.15) is 104 Å². The summed E-state index contributed by atoms with van der Waals surface area (Å²) in [5, 5.41) is 12.7. The largest absolute Gasteiger partial charge is 0.338 e. The number of rotatable bonds is 11. The standard InChI is InChI=1S/C32H40N6O5/c1-20-24-18-33-28(17-26(24)38(23-9-7-8-10-23)32(42)31(20)21(2)39)35-27-14-13-22-19-37(16-15-25(22)34-27)30(41)12-6-4-3-5-11-29(40)36-43/h13-14,17-18,23,43H,3-12,15-16,19H2,1-2H3,(H,36,40)(H,33,34,35). The molecule has 1 saturated carbocycles. The smallest absolute Gasteiger partial charge is 0.262 e. The molecule has 43 heavy (non-hydrogen) atoms. The third-order valence-corrected chi connectivity index (χ3v) is 8.72. The van der Waals surface area contributed by atoms with Gasteiger partial charge in [-0.3, -0.25) is 24.4 Å². The number of fused-ring (bicyclic) bond motifs is 2. The van der Waals surface area contributed by atoms with Crippen LogP contribution >= 0.6 is 0 Å². The Morgan fingerprint density at radius 3 is 2.51 bits per heavy atom. The zero-order chi connectivity index (χ0) is 30.5. The van der Waals surface area contributed by atoms with E-state index in [-0.39, 0.29) is 41.2 Å². The van der Waals surface area contributed by atoms with E-state index in [4.69, 9.17) is 10.2 Å². The van der Waals surface area contributed by atoms with Crippen LogP contribution in [0.4, 0.5) is 11.6 Å². The second kappa shape index (κ2) is 13.5. The SMILES string of the molecule is CC(=O)c1c(C)c2cnc(Nc3ccc4c(n3)CCN(C(=O)CCCCCCC(=O)NO)C4)cc2n(C2CCCC2)c1=O. The first-order valence-corrected chi connectivity index (χ1v) is 15.3. The van der Waals surface area contributed by atoms with E-state index in [0.717, 1.165) is 67.1 Å². The Morgan fingerprint density at radius 2 is 1.79 bits per heavy atom. The van der Waals surface area contributed by atoms with Crippen molar-refractivity contribution in [3.8, 4) is 0 Å². The molecule has 11 nitrogen and oxygen atoms in total. The molecule has 0 atom stereocenters. The van der Waals surface area contributed by atoms with Gasteiger partial charge in [0.05, 0.1) is 11.1 Å². The first kappa shape index (κ1) is 30.3. The van der Waals surface area contributed by atoms with Crippen LogP contribution in [0.25, 0.3) is 10.9 Å². The fraction of sp³-hybridized carbons (Fsp3) is 0.500. The molecule has 3 aromatic heterocycles. The van der Waals surface area contributed by atoms with E-state index >= 15 is 0 Å². The Labute approximate surface area is 250 Å². The number of aryl methyl sites for hydroxylation is 1. The summed E-state index contributed by atoms with van der Waals surface area (Å²) in [5.41, 5.74) is 5.07. The van der Waals surface area contributed by atoms with Gasteiger partial charge in [0.15, 0.2) is 5.78 Å². The van der Waals surface area contributed by atoms with E-state index in [1.807, 2.05) is 30.0 Å². The molecule has 0 spiro atoms. The highest BCUT2D eigenvalue weighted by Crippen LogP contribution is 2.33. The number of nitrogens with zero attached hydrogens (tertiary/aromatic N) is 4. The summed E-state index contributed by atoms with van der Waals surface area (Å²) in [6, 6.07) is 5.83. The fourth-order valence-corrected chi connectivity index (χ4v) is 6.43. The molecule has 1 aliphatic heterocycles. The Balaban J connectivity index is 1.26. The van der Waals surface area contributed by atoms with Crippen molar-refractivity contribution in [2.24, 2.45) is 0 Å². The van der Waals surface area contributed by atoms with E-state index in [1.54, 1.807) is 16.2 Å². The molecule has 0 saturated heterocycles. The predicted octanol–water partition coefficient (Wildman–Crippen LogP) is 4.89. The number of hydrogen-bond donors (Lipinski definition) is 3. The molecule has 4 heterocycles. The number of nitrogens with one attached hydrogen (secondary N) is 2. The molecule has 0 aromatic carbocycles. The number of carbonyl (C=O) groups excluding carboxylic acids is 3. The van der Waals surface area contributed by atoms with Gasteiger partial charge in [-0.15, -0.1) is 0 Å². The van der Waals surface area contributed by atoms with E-state index in [0.29, 0.717) is 49.6 Å². The Hall–Kier alpha value is -4.12. The van der Waals surface area contributed by atoms with Gasteiger partial charge in [-0.05, 0) is 56.7 Å². The average Bonchev–Trinajstić information content (AvgIpc) is 3.52. The number of anilines is 2. The minimum absolute atomic E-state index is 0.0663. The Bertz CT molecular complexity index is 1590. The summed E-state index contributed by atoms with van der Waals surface area (Å²) in [5.74, 6) is 0.739. The molecule has 0 unspecified atom stereocenters. The number of Topliss-reactive ketones (excluding diaryl/α,β-unsaturated/α-hetero) is 1. The van der Waals surface area contributed by atoms with Gasteiger partial charge >= 0.3 is 0 Å². The molecule has 228 valence electrons. The fourth-order valence-electron chi connectivity index (χ4n) is 6.43. The molecular weight excluding hydrogens is 548 g/mol. The second-order valence-electron chi connectivity index (χ2n) is 11.7. The third-order valence-electron chi connectivity index (χ3n) is 8.72. The maximum absolute atomic E-state index is 13.5. The van der Waals surface area contributed by atoms with Gasteiger partial charge in [-0.2, -0.15) is 0 Å². The summed E-state index contributed by atoms with van der Waals surface area (Å²) in [7, 11) is 0. The lowest BCUT2D eigenvalue weighted by atomic mass is 10.0. The highest BCUT2D eigenvalue weighted by Gasteiger charge is 2.25. The molecule has 0 radical (unpaired) electrons. The average molecular weight is 589 g/mol. The van der Waals surface area contributed by atoms with E-state index < -0.39 is 0 Å². The van der Waals surface area contributed by atoms with Crippen molar-refractivity contribution in [1.29, 1.82) is 0 Å². The zero-order valence-electron chi connectivity index (χ0n) is 24.9. The maximum atomic E-state index is 13.5. The molecule has 11 heteroatoms. The summed E-state index contributed by atoms with van der Waals surface area (Å²) in [6.07, 6.45) is 10.3. The number of unbranched alkanes of at least 4 members (excludes halogenated alkanes) is 3. The molecule has 5 rings (SSSR count). The molecule has 1 fully saturated rings. The lowest BCUT2D eigenvalue weighted by Crippen LogP contribution is -2.36. The number of ketones is 1. The molecule has 2 aliphatic rings. The number of aromatic nitrogens is 3. The van der Waals surface area contributed by atoms with Crippen molar-refractivity contribution in [3.05, 3.63) is 57.1 Å². The Morgan fingerprint density at radius 1 is 1.05 bits per heavy atom. The molecule has 0 bridgehead atoms. The summed E-state index contributed by atoms with van der Waals surface area (Å²) >= 11 is 0. The minimum atomic E-state index is -0.381. The number of pyridine rings is 3. The second-order valence-corrected chi connectivity index (χ2v) is 11.7. The van der Waals surface area contributed by atoms with Crippen LogP contribution in [0.5, 0.6) is 0 Å². The quantitative estimate of drug-likeness (QED) is 0.124. The number of carbonyl (C=O) groups is 3. The van der Waals surface area contributed by atoms with Gasteiger partial charge in [0.2, 0.25) is 11.8 Å². The molecule has 2 amide bonds. The minimum Gasteiger partial charge on any atom is -0.338 e. The van der Waals surface area contributed by atoms with Crippen LogP contribution in [-0.4, -0.2) is 48.8 Å². The summed E-state index contributed by atoms with van der Waals surface area (Å²) in [6.45, 7) is 4.40. The number of hydrogen-bond acceptors (Lipinski definition) is 8. The molecule has 3 N–H and O–H groups in total. The first-order valence-electron chi connectivity index (χ1n) is 15.3. The van der Waals surface area contributed by atoms with Crippen molar-refractivity contribution >= 4 is 40.1 Å². The van der Waals surface area contributed by atoms with Crippen LogP contribution in [0.3, 0.4) is 0 Å². The predicted molar refractivity (Wildman–Crippen MR) is 163 cm³/mol. The van der Waals surface area contributed by atoms with Crippen molar-refractivity contribution in [2.45, 2.75) is 97.1 Å². The van der Waals surface area contributed by atoms with Crippen molar-refractivity contribution in [3.63, 3.8) is 0 Å². The first-order chi connectivity index (χ1) is 20.8. The van der Waals surface area contributed by atoms with Crippen LogP contribution in [-0.2, 0) is 22.6 Å². The van der Waals surface area contributed by atoms with Crippen LogP contribution < -0.4 is 16.4 Å². The summed E-state index contributed by atoms with van der Waals surface area (Å²) < 4.78 is 1.81. The van der Waals surface area contributed by atoms with Crippen LogP contribution in [0.2, 0.25) is 0 Å². The van der Waals surface area contributed by atoms with Gasteiger partial charge in [0.1, 0.15) is 11.6 Å². The van der Waals surface area contributed by atoms with Crippen LogP contribution in [0, 0.1) is 6.92 Å². The van der Waals surface area contributed by atoms with Crippen molar-refractivity contribution in [2.75, 3.05) is 11.9 Å². The Kier molecular flexibility index (Phi) is 9.49. The molecule has 1 aliphatic carbocycles. The van der Waals surface area contributed by atoms with Gasteiger partial charge in [0.25, 0.3) is 5.56 Å². The monoisotopic (exact) mass is 588 g/mol. The summed E-state index contributed by atoms with van der Waals surface area (Å²) in [4.78, 5) is 61.1. The van der Waals surface area contributed by atoms with E-state index in [2.05, 4.69) is 10.3 Å². The van der Waals surface area contributed by atoms with Crippen LogP contribution in [0.15, 0.2) is 29.2 Å². The van der Waals surface area contributed by atoms with E-state index in [9.17, 15) is 19.2 Å². The highest BCUT2D eigenvalue weighted by molar-refractivity contribution is 6.00. The van der Waals surface area contributed by atoms with Gasteiger partial charge in [0, 0.05) is 61.7 Å². The molecular formula is C32H40N6O5. The van der Waals surface area contributed by atoms with Gasteiger partial charge in [-0.1, -0.05) is 31.7 Å². The molecule has 3 aromatic rings. The van der Waals surface area contributed by atoms with Gasteiger partial charge < -0.3 is 14.8 Å². The highest BCUT2D eigenvalue weighted by atomic mass is 16.5.